The van der Waals surface area contributed by atoms with Crippen molar-refractivity contribution in [2.75, 3.05) is 6.26 Å². The second-order valence-electron chi connectivity index (χ2n) is 10.7. The van der Waals surface area contributed by atoms with Crippen molar-refractivity contribution in [3.05, 3.63) is 11.1 Å². The van der Waals surface area contributed by atoms with Crippen LogP contribution in [0.2, 0.25) is 0 Å². The van der Waals surface area contributed by atoms with E-state index < -0.39 is 21.8 Å². The molecule has 0 aromatic heterocycles. The Balaban J connectivity index is 1.70. The Morgan fingerprint density at radius 1 is 1.17 bits per heavy atom. The molecule has 7 atom stereocenters. The van der Waals surface area contributed by atoms with Gasteiger partial charge in [0.2, 0.25) is 10.0 Å². The lowest BCUT2D eigenvalue weighted by Crippen LogP contribution is -2.58. The molecule has 3 saturated carbocycles. The Morgan fingerprint density at radius 2 is 1.86 bits per heavy atom. The molecule has 0 heterocycles. The van der Waals surface area contributed by atoms with E-state index in [2.05, 4.69) is 23.8 Å². The topological polar surface area (TPSA) is 78.8 Å². The molecule has 164 valence electrons. The lowest BCUT2D eigenvalue weighted by Gasteiger charge is -2.60. The van der Waals surface area contributed by atoms with E-state index >= 15 is 4.39 Å². The first-order valence-electron chi connectivity index (χ1n) is 10.9. The molecule has 2 N–H and O–H groups in total. The number of hydrogen-bond acceptors (Lipinski definition) is 4. The number of aliphatic hydroxyl groups is 1. The zero-order valence-corrected chi connectivity index (χ0v) is 19.1. The maximum absolute atomic E-state index is 15.8. The molecule has 0 unspecified atom stereocenters. The number of sulfonamides is 1. The molecule has 29 heavy (non-hydrogen) atoms. The quantitative estimate of drug-likeness (QED) is 0.657. The van der Waals surface area contributed by atoms with Gasteiger partial charge in [-0.15, -0.1) is 0 Å². The minimum absolute atomic E-state index is 0.0300. The average molecular weight is 427 g/mol. The number of allylic oxidation sites excluding steroid dienone is 2. The molecule has 0 spiro atoms. The van der Waals surface area contributed by atoms with Crippen LogP contribution in [0.1, 0.15) is 72.6 Å². The second kappa shape index (κ2) is 6.52. The molecule has 5 nitrogen and oxygen atoms in total. The third-order valence-electron chi connectivity index (χ3n) is 9.24. The van der Waals surface area contributed by atoms with Crippen molar-refractivity contribution in [1.82, 2.24) is 4.83 Å². The fourth-order valence-electron chi connectivity index (χ4n) is 7.55. The van der Waals surface area contributed by atoms with Gasteiger partial charge in [-0.3, -0.25) is 0 Å². The fourth-order valence-corrected chi connectivity index (χ4v) is 7.83. The summed E-state index contributed by atoms with van der Waals surface area (Å²) in [5.74, 6) is 0.639. The summed E-state index contributed by atoms with van der Waals surface area (Å²) in [4.78, 5) is 2.26. The second-order valence-corrected chi connectivity index (χ2v) is 12.5. The first-order chi connectivity index (χ1) is 13.3. The van der Waals surface area contributed by atoms with Gasteiger partial charge in [-0.25, -0.2) is 17.6 Å². The van der Waals surface area contributed by atoms with E-state index in [1.807, 2.05) is 13.8 Å². The minimum Gasteiger partial charge on any atom is -0.390 e. The van der Waals surface area contributed by atoms with Gasteiger partial charge in [0.1, 0.15) is 6.17 Å². The molecule has 0 radical (unpaired) electrons. The molecule has 0 aromatic carbocycles. The standard InChI is InChI=1S/C22H35FN2O3S/c1-13-15-7-6-14-16-8-11-22(4,26)21(16,3)12-17(23)19(14)20(15,2)10-9-18(13)24-25-29(5,27)28/h14,16-17,19,25-26H,6-12H2,1-5H3/b24-18+/t14-,16-,17-,19+,20-,21-,22-/m0/s1. The lowest BCUT2D eigenvalue weighted by molar-refractivity contribution is -0.146. The van der Waals surface area contributed by atoms with Gasteiger partial charge in [0.05, 0.1) is 17.6 Å². The summed E-state index contributed by atoms with van der Waals surface area (Å²) in [6, 6.07) is 0. The van der Waals surface area contributed by atoms with Crippen molar-refractivity contribution in [3.63, 3.8) is 0 Å². The van der Waals surface area contributed by atoms with Gasteiger partial charge >= 0.3 is 0 Å². The molecule has 4 aliphatic rings. The number of fused-ring (bicyclic) bond motifs is 5. The zero-order valence-electron chi connectivity index (χ0n) is 18.3. The van der Waals surface area contributed by atoms with Gasteiger partial charge in [0, 0.05) is 11.3 Å². The van der Waals surface area contributed by atoms with E-state index in [9.17, 15) is 13.5 Å². The molecule has 4 aliphatic carbocycles. The molecule has 0 amide bonds. The smallest absolute Gasteiger partial charge is 0.244 e. The third-order valence-corrected chi connectivity index (χ3v) is 9.67. The number of rotatable bonds is 2. The van der Waals surface area contributed by atoms with Crippen molar-refractivity contribution < 1.29 is 17.9 Å². The summed E-state index contributed by atoms with van der Waals surface area (Å²) >= 11 is 0. The van der Waals surface area contributed by atoms with Crippen LogP contribution in [0.5, 0.6) is 0 Å². The van der Waals surface area contributed by atoms with Gasteiger partial charge in [-0.05, 0) is 81.6 Å². The molecular formula is C22H35FN2O3S. The lowest BCUT2D eigenvalue weighted by atomic mass is 9.45. The van der Waals surface area contributed by atoms with Crippen LogP contribution < -0.4 is 4.83 Å². The van der Waals surface area contributed by atoms with Crippen molar-refractivity contribution in [2.45, 2.75) is 84.4 Å². The van der Waals surface area contributed by atoms with Crippen molar-refractivity contribution in [3.8, 4) is 0 Å². The fraction of sp³-hybridized carbons (Fsp3) is 0.864. The molecule has 0 aliphatic heterocycles. The molecule has 0 saturated heterocycles. The van der Waals surface area contributed by atoms with Gasteiger partial charge in [0.25, 0.3) is 0 Å². The molecular weight excluding hydrogens is 391 g/mol. The van der Waals surface area contributed by atoms with Gasteiger partial charge in [-0.1, -0.05) is 19.4 Å². The summed E-state index contributed by atoms with van der Waals surface area (Å²) in [5, 5.41) is 15.2. The summed E-state index contributed by atoms with van der Waals surface area (Å²) in [6.07, 6.45) is 5.65. The van der Waals surface area contributed by atoms with Crippen molar-refractivity contribution in [1.29, 1.82) is 0 Å². The Morgan fingerprint density at radius 3 is 2.52 bits per heavy atom. The summed E-state index contributed by atoms with van der Waals surface area (Å²) in [7, 11) is -3.39. The number of nitrogens with one attached hydrogen (secondary N) is 1. The molecule has 3 fully saturated rings. The Labute approximate surface area is 174 Å². The molecule has 0 bridgehead atoms. The van der Waals surface area contributed by atoms with Crippen LogP contribution in [0.4, 0.5) is 4.39 Å². The van der Waals surface area contributed by atoms with Gasteiger partial charge in [0.15, 0.2) is 0 Å². The summed E-state index contributed by atoms with van der Waals surface area (Å²) in [5.41, 5.74) is 1.72. The van der Waals surface area contributed by atoms with Crippen LogP contribution in [0, 0.1) is 28.6 Å². The van der Waals surface area contributed by atoms with E-state index in [1.165, 1.54) is 5.57 Å². The van der Waals surface area contributed by atoms with Crippen molar-refractivity contribution >= 4 is 15.7 Å². The van der Waals surface area contributed by atoms with E-state index in [0.29, 0.717) is 24.7 Å². The highest BCUT2D eigenvalue weighted by molar-refractivity contribution is 7.88. The highest BCUT2D eigenvalue weighted by Gasteiger charge is 2.65. The maximum atomic E-state index is 15.8. The van der Waals surface area contributed by atoms with Gasteiger partial charge < -0.3 is 5.11 Å². The highest BCUT2D eigenvalue weighted by atomic mass is 32.2. The minimum atomic E-state index is -3.39. The van der Waals surface area contributed by atoms with E-state index in [-0.39, 0.29) is 16.7 Å². The number of alkyl halides is 1. The zero-order chi connectivity index (χ0) is 21.4. The van der Waals surface area contributed by atoms with E-state index in [4.69, 9.17) is 0 Å². The number of hydrogen-bond donors (Lipinski definition) is 2. The third kappa shape index (κ3) is 3.10. The SMILES string of the molecule is CC1=C2CC[C@@H]3[C@H]([C@@H](F)C[C@@]4(C)[C@H]3CC[C@]4(C)O)[C@@]2(C)CC/C1=N\NS(C)(=O)=O. The molecule has 4 rings (SSSR count). The molecule has 0 aromatic rings. The average Bonchev–Trinajstić information content (AvgIpc) is 2.82. The predicted octanol–water partition coefficient (Wildman–Crippen LogP) is 3.94. The first-order valence-corrected chi connectivity index (χ1v) is 12.8. The van der Waals surface area contributed by atoms with Crippen LogP contribution in [0.15, 0.2) is 16.2 Å². The van der Waals surface area contributed by atoms with E-state index in [1.54, 1.807) is 0 Å². The van der Waals surface area contributed by atoms with Crippen LogP contribution in [-0.4, -0.2) is 37.3 Å². The Hall–Kier alpha value is -0.950. The number of halogens is 1. The normalized spacial score (nSPS) is 48.9. The Bertz CT molecular complexity index is 880. The number of hydrazone groups is 1. The van der Waals surface area contributed by atoms with Crippen LogP contribution in [0.3, 0.4) is 0 Å². The summed E-state index contributed by atoms with van der Waals surface area (Å²) < 4.78 is 38.7. The monoisotopic (exact) mass is 426 g/mol. The summed E-state index contributed by atoms with van der Waals surface area (Å²) in [6.45, 7) is 8.23. The number of nitrogens with zero attached hydrogens (tertiary/aromatic N) is 1. The van der Waals surface area contributed by atoms with Gasteiger partial charge in [-0.2, -0.15) is 5.10 Å². The predicted molar refractivity (Wildman–Crippen MR) is 113 cm³/mol. The first kappa shape index (κ1) is 21.3. The van der Waals surface area contributed by atoms with E-state index in [0.717, 1.165) is 49.6 Å². The van der Waals surface area contributed by atoms with Crippen LogP contribution in [-0.2, 0) is 10.0 Å². The largest absolute Gasteiger partial charge is 0.390 e. The maximum Gasteiger partial charge on any atom is 0.244 e. The molecule has 7 heteroatoms. The van der Waals surface area contributed by atoms with Crippen LogP contribution in [0.25, 0.3) is 0 Å². The highest BCUT2D eigenvalue weighted by Crippen LogP contribution is 2.68. The van der Waals surface area contributed by atoms with Crippen molar-refractivity contribution in [2.24, 2.45) is 33.7 Å². The Kier molecular flexibility index (Phi) is 4.79. The van der Waals surface area contributed by atoms with Crippen LogP contribution >= 0.6 is 0 Å².